The maximum absolute atomic E-state index is 6.11. The minimum Gasteiger partial charge on any atom is -0.379 e. The number of hydrogen-bond acceptors (Lipinski definition) is 4. The second-order valence-electron chi connectivity index (χ2n) is 5.79. The smallest absolute Gasteiger partial charge is 0.0952 e. The number of morpholine rings is 2. The van der Waals surface area contributed by atoms with E-state index in [-0.39, 0.29) is 6.10 Å². The first-order valence-corrected chi connectivity index (χ1v) is 8.57. The molecule has 1 atom stereocenters. The molecule has 0 unspecified atom stereocenters. The highest BCUT2D eigenvalue weighted by Crippen LogP contribution is 2.28. The fourth-order valence-electron chi connectivity index (χ4n) is 2.93. The third kappa shape index (κ3) is 4.34. The van der Waals surface area contributed by atoms with Crippen molar-refractivity contribution in [1.82, 2.24) is 9.80 Å². The zero-order valence-electron chi connectivity index (χ0n) is 12.6. The van der Waals surface area contributed by atoms with Crippen LogP contribution in [-0.4, -0.2) is 68.9 Å². The zero-order valence-corrected chi connectivity index (χ0v) is 14.2. The van der Waals surface area contributed by atoms with Crippen molar-refractivity contribution in [2.24, 2.45) is 0 Å². The Morgan fingerprint density at radius 1 is 0.955 bits per heavy atom. The molecule has 4 nitrogen and oxygen atoms in total. The van der Waals surface area contributed by atoms with Crippen LogP contribution in [0.15, 0.2) is 18.2 Å². The van der Waals surface area contributed by atoms with E-state index in [1.807, 2.05) is 18.2 Å². The summed E-state index contributed by atoms with van der Waals surface area (Å²) >= 11 is 12.1. The van der Waals surface area contributed by atoms with E-state index < -0.39 is 0 Å². The van der Waals surface area contributed by atoms with Crippen molar-refractivity contribution in [2.45, 2.75) is 6.10 Å². The van der Waals surface area contributed by atoms with Gasteiger partial charge in [-0.05, 0) is 17.7 Å². The van der Waals surface area contributed by atoms with Crippen LogP contribution >= 0.6 is 23.2 Å². The summed E-state index contributed by atoms with van der Waals surface area (Å²) in [5, 5.41) is 1.18. The maximum Gasteiger partial charge on any atom is 0.0952 e. The Kier molecular flexibility index (Phi) is 5.96. The Labute approximate surface area is 141 Å². The highest BCUT2D eigenvalue weighted by atomic mass is 35.5. The van der Waals surface area contributed by atoms with Gasteiger partial charge in [-0.2, -0.15) is 0 Å². The molecule has 0 saturated carbocycles. The van der Waals surface area contributed by atoms with Gasteiger partial charge in [0.25, 0.3) is 0 Å². The van der Waals surface area contributed by atoms with Gasteiger partial charge < -0.3 is 9.47 Å². The molecule has 0 N–H and O–H groups in total. The Morgan fingerprint density at radius 2 is 1.68 bits per heavy atom. The van der Waals surface area contributed by atoms with Gasteiger partial charge in [0.1, 0.15) is 0 Å². The fourth-order valence-corrected chi connectivity index (χ4v) is 3.23. The third-order valence-corrected chi connectivity index (χ3v) is 5.04. The molecule has 0 radical (unpaired) electrons. The molecular formula is C16H22Cl2N2O2. The molecule has 22 heavy (non-hydrogen) atoms. The Hall–Kier alpha value is -0.360. The van der Waals surface area contributed by atoms with E-state index in [0.717, 1.165) is 64.7 Å². The van der Waals surface area contributed by atoms with Crippen molar-refractivity contribution < 1.29 is 9.47 Å². The maximum atomic E-state index is 6.11. The van der Waals surface area contributed by atoms with Crippen LogP contribution in [0.25, 0.3) is 0 Å². The van der Waals surface area contributed by atoms with Gasteiger partial charge >= 0.3 is 0 Å². The van der Waals surface area contributed by atoms with Crippen molar-refractivity contribution in [3.05, 3.63) is 33.8 Å². The number of nitrogens with zero attached hydrogens (tertiary/aromatic N) is 2. The van der Waals surface area contributed by atoms with Crippen molar-refractivity contribution >= 4 is 23.2 Å². The normalized spacial score (nSPS) is 24.5. The first kappa shape index (κ1) is 16.5. The molecule has 122 valence electrons. The lowest BCUT2D eigenvalue weighted by molar-refractivity contribution is -0.0356. The van der Waals surface area contributed by atoms with Crippen LogP contribution in [0.3, 0.4) is 0 Å². The van der Waals surface area contributed by atoms with E-state index >= 15 is 0 Å². The summed E-state index contributed by atoms with van der Waals surface area (Å²) in [4.78, 5) is 4.93. The number of rotatable bonds is 4. The zero-order chi connectivity index (χ0) is 15.4. The molecule has 3 rings (SSSR count). The highest BCUT2D eigenvalue weighted by Gasteiger charge is 2.23. The topological polar surface area (TPSA) is 24.9 Å². The Morgan fingerprint density at radius 3 is 2.45 bits per heavy atom. The van der Waals surface area contributed by atoms with Crippen LogP contribution in [0.1, 0.15) is 11.7 Å². The van der Waals surface area contributed by atoms with Gasteiger partial charge in [-0.3, -0.25) is 9.80 Å². The molecule has 2 fully saturated rings. The molecule has 2 heterocycles. The molecule has 2 aliphatic heterocycles. The lowest BCUT2D eigenvalue weighted by Gasteiger charge is -2.35. The van der Waals surface area contributed by atoms with E-state index in [4.69, 9.17) is 32.7 Å². The van der Waals surface area contributed by atoms with Crippen molar-refractivity contribution in [3.63, 3.8) is 0 Å². The fraction of sp³-hybridized carbons (Fsp3) is 0.625. The predicted molar refractivity (Wildman–Crippen MR) is 88.9 cm³/mol. The van der Waals surface area contributed by atoms with Gasteiger partial charge in [0, 0.05) is 39.3 Å². The summed E-state index contributed by atoms with van der Waals surface area (Å²) in [5.74, 6) is 0. The summed E-state index contributed by atoms with van der Waals surface area (Å²) in [6.45, 7) is 8.61. The predicted octanol–water partition coefficient (Wildman–Crippen LogP) is 2.70. The summed E-state index contributed by atoms with van der Waals surface area (Å²) in [7, 11) is 0. The minimum atomic E-state index is 0.0770. The molecule has 2 aliphatic rings. The molecule has 0 spiro atoms. The van der Waals surface area contributed by atoms with E-state index in [9.17, 15) is 0 Å². The molecular weight excluding hydrogens is 323 g/mol. The average molecular weight is 345 g/mol. The van der Waals surface area contributed by atoms with Crippen LogP contribution in [0.2, 0.25) is 10.0 Å². The number of ether oxygens (including phenoxy) is 2. The molecule has 0 amide bonds. The first-order valence-electron chi connectivity index (χ1n) is 7.81. The van der Waals surface area contributed by atoms with Crippen LogP contribution in [0.4, 0.5) is 0 Å². The third-order valence-electron chi connectivity index (χ3n) is 4.30. The Bertz CT molecular complexity index is 495. The van der Waals surface area contributed by atoms with Crippen LogP contribution in [0.5, 0.6) is 0 Å². The quantitative estimate of drug-likeness (QED) is 0.838. The Balaban J connectivity index is 1.53. The summed E-state index contributed by atoms with van der Waals surface area (Å²) in [5.41, 5.74) is 1.10. The van der Waals surface area contributed by atoms with Gasteiger partial charge in [0.15, 0.2) is 0 Å². The molecule has 2 saturated heterocycles. The second kappa shape index (κ2) is 7.95. The van der Waals surface area contributed by atoms with Crippen molar-refractivity contribution in [2.75, 3.05) is 59.1 Å². The second-order valence-corrected chi connectivity index (χ2v) is 6.60. The van der Waals surface area contributed by atoms with E-state index in [2.05, 4.69) is 9.80 Å². The van der Waals surface area contributed by atoms with Gasteiger partial charge in [-0.1, -0.05) is 29.3 Å². The first-order chi connectivity index (χ1) is 10.7. The van der Waals surface area contributed by atoms with Gasteiger partial charge in [0.2, 0.25) is 0 Å². The number of benzene rings is 1. The van der Waals surface area contributed by atoms with E-state index in [1.165, 1.54) is 0 Å². The molecule has 0 bridgehead atoms. The molecule has 0 aliphatic carbocycles. The average Bonchev–Trinajstić information content (AvgIpc) is 2.57. The van der Waals surface area contributed by atoms with E-state index in [0.29, 0.717) is 10.0 Å². The largest absolute Gasteiger partial charge is 0.379 e. The summed E-state index contributed by atoms with van der Waals surface area (Å²) in [6, 6.07) is 5.76. The van der Waals surface area contributed by atoms with Gasteiger partial charge in [-0.15, -0.1) is 0 Å². The number of hydrogen-bond donors (Lipinski definition) is 0. The molecule has 6 heteroatoms. The van der Waals surface area contributed by atoms with Crippen LogP contribution < -0.4 is 0 Å². The summed E-state index contributed by atoms with van der Waals surface area (Å²) in [6.07, 6.45) is 0.0770. The van der Waals surface area contributed by atoms with Crippen molar-refractivity contribution in [3.8, 4) is 0 Å². The lowest BCUT2D eigenvalue weighted by Crippen LogP contribution is -2.45. The highest BCUT2D eigenvalue weighted by molar-refractivity contribution is 6.42. The van der Waals surface area contributed by atoms with Crippen LogP contribution in [-0.2, 0) is 9.47 Å². The van der Waals surface area contributed by atoms with Gasteiger partial charge in [-0.25, -0.2) is 0 Å². The van der Waals surface area contributed by atoms with Crippen LogP contribution in [0, 0.1) is 0 Å². The lowest BCUT2D eigenvalue weighted by atomic mass is 10.1. The molecule has 1 aromatic carbocycles. The van der Waals surface area contributed by atoms with E-state index in [1.54, 1.807) is 0 Å². The number of halogens is 2. The van der Waals surface area contributed by atoms with Crippen molar-refractivity contribution in [1.29, 1.82) is 0 Å². The summed E-state index contributed by atoms with van der Waals surface area (Å²) < 4.78 is 11.3. The monoisotopic (exact) mass is 344 g/mol. The van der Waals surface area contributed by atoms with Gasteiger partial charge in [0.05, 0.1) is 36.0 Å². The molecule has 0 aromatic heterocycles. The SMILES string of the molecule is Clc1ccc([C@@H]2CN(CCN3CCOCC3)CCO2)cc1Cl. The standard InChI is InChI=1S/C16H22Cl2N2O2/c17-14-2-1-13(11-15(14)18)16-12-20(7-10-22-16)4-3-19-5-8-21-9-6-19/h1-2,11,16H,3-10,12H2/t16-/m0/s1. The minimum absolute atomic E-state index is 0.0770. The molecule has 1 aromatic rings.